The van der Waals surface area contributed by atoms with Crippen LogP contribution in [-0.2, 0) is 0 Å². The van der Waals surface area contributed by atoms with Crippen molar-refractivity contribution >= 4 is 75.4 Å². The van der Waals surface area contributed by atoms with Gasteiger partial charge in [0.1, 0.15) is 0 Å². The van der Waals surface area contributed by atoms with E-state index in [1.807, 2.05) is 0 Å². The molecule has 0 heteroatoms. The van der Waals surface area contributed by atoms with Gasteiger partial charge in [0.25, 0.3) is 0 Å². The van der Waals surface area contributed by atoms with E-state index in [-0.39, 0.29) is 0 Å². The van der Waals surface area contributed by atoms with Crippen molar-refractivity contribution in [1.29, 1.82) is 0 Å². The van der Waals surface area contributed by atoms with E-state index < -0.39 is 0 Å². The zero-order valence-electron chi connectivity index (χ0n) is 36.1. The highest BCUT2D eigenvalue weighted by atomic mass is 14.2. The SMILES string of the molecule is c1cc(-c2ccc(-c3ccc4ccc5cccc6ccc3c4c56)cc2)cc(-c2ccc(-c3ccc4ccc5c(-c6ccc(-c7ccc8ccccc8c7)cc6)ccc6ccc3c4c65)cc2)c1. The molecule has 0 bridgehead atoms. The molecule has 0 saturated carbocycles. The Labute approximate surface area is 383 Å². The summed E-state index contributed by atoms with van der Waals surface area (Å²) in [4.78, 5) is 0. The van der Waals surface area contributed by atoms with Crippen LogP contribution in [0.25, 0.3) is 142 Å². The van der Waals surface area contributed by atoms with Crippen LogP contribution >= 0.6 is 0 Å². The lowest BCUT2D eigenvalue weighted by Crippen LogP contribution is -1.90. The normalized spacial score (nSPS) is 11.9. The molecule has 14 rings (SSSR count). The van der Waals surface area contributed by atoms with Crippen LogP contribution in [0.2, 0.25) is 0 Å². The molecular formula is C66H40. The maximum absolute atomic E-state index is 2.32. The predicted molar refractivity (Wildman–Crippen MR) is 284 cm³/mol. The molecule has 0 heterocycles. The summed E-state index contributed by atoms with van der Waals surface area (Å²) in [7, 11) is 0. The van der Waals surface area contributed by atoms with E-state index in [1.54, 1.807) is 0 Å². The first-order valence-corrected chi connectivity index (χ1v) is 23.0. The van der Waals surface area contributed by atoms with Crippen LogP contribution < -0.4 is 0 Å². The van der Waals surface area contributed by atoms with Gasteiger partial charge in [-0.05, 0) is 154 Å². The monoisotopic (exact) mass is 832 g/mol. The number of rotatable bonds is 6. The van der Waals surface area contributed by atoms with Crippen LogP contribution in [0.4, 0.5) is 0 Å². The Morgan fingerprint density at radius 1 is 0.152 bits per heavy atom. The van der Waals surface area contributed by atoms with Crippen LogP contribution in [0.1, 0.15) is 0 Å². The van der Waals surface area contributed by atoms with Crippen molar-refractivity contribution in [1.82, 2.24) is 0 Å². The van der Waals surface area contributed by atoms with Crippen molar-refractivity contribution in [3.63, 3.8) is 0 Å². The van der Waals surface area contributed by atoms with Crippen LogP contribution in [0, 0.1) is 0 Å². The van der Waals surface area contributed by atoms with Gasteiger partial charge >= 0.3 is 0 Å². The molecule has 0 amide bonds. The van der Waals surface area contributed by atoms with Crippen LogP contribution in [0.5, 0.6) is 0 Å². The summed E-state index contributed by atoms with van der Waals surface area (Å²) < 4.78 is 0. The lowest BCUT2D eigenvalue weighted by molar-refractivity contribution is 1.58. The van der Waals surface area contributed by atoms with E-state index in [0.717, 1.165) is 0 Å². The molecule has 304 valence electrons. The van der Waals surface area contributed by atoms with Crippen LogP contribution in [0.3, 0.4) is 0 Å². The van der Waals surface area contributed by atoms with E-state index in [0.29, 0.717) is 0 Å². The highest BCUT2D eigenvalue weighted by molar-refractivity contribution is 6.28. The highest BCUT2D eigenvalue weighted by Crippen LogP contribution is 2.44. The molecule has 0 aromatic heterocycles. The molecule has 0 saturated heterocycles. The lowest BCUT2D eigenvalue weighted by Gasteiger charge is -2.17. The smallest absolute Gasteiger partial charge is 0.00203 e. The second-order valence-electron chi connectivity index (χ2n) is 18.0. The second-order valence-corrected chi connectivity index (χ2v) is 18.0. The van der Waals surface area contributed by atoms with Gasteiger partial charge in [-0.1, -0.05) is 231 Å². The summed E-state index contributed by atoms with van der Waals surface area (Å²) in [5, 5.41) is 18.2. The molecule has 0 aliphatic heterocycles. The number of fused-ring (bicyclic) bond motifs is 1. The topological polar surface area (TPSA) is 0 Å². The third-order valence-corrected chi connectivity index (χ3v) is 14.4. The Balaban J connectivity index is 0.767. The first-order valence-electron chi connectivity index (χ1n) is 23.0. The molecule has 0 N–H and O–H groups in total. The van der Waals surface area contributed by atoms with Crippen molar-refractivity contribution in [2.45, 2.75) is 0 Å². The molecule has 14 aromatic rings. The molecule has 0 atom stereocenters. The molecule has 0 radical (unpaired) electrons. The maximum atomic E-state index is 2.32. The van der Waals surface area contributed by atoms with Gasteiger partial charge < -0.3 is 0 Å². The summed E-state index contributed by atoms with van der Waals surface area (Å²) in [6.07, 6.45) is 0. The zero-order valence-corrected chi connectivity index (χ0v) is 36.1. The lowest BCUT2D eigenvalue weighted by atomic mass is 9.87. The fraction of sp³-hybridized carbons (Fsp3) is 0. The third kappa shape index (κ3) is 5.79. The third-order valence-electron chi connectivity index (χ3n) is 14.4. The van der Waals surface area contributed by atoms with Gasteiger partial charge in [0.05, 0.1) is 0 Å². The molecule has 0 nitrogen and oxygen atoms in total. The molecule has 66 heavy (non-hydrogen) atoms. The Morgan fingerprint density at radius 3 is 0.924 bits per heavy atom. The van der Waals surface area contributed by atoms with Gasteiger partial charge in [-0.25, -0.2) is 0 Å². The molecular weight excluding hydrogens is 793 g/mol. The molecule has 0 spiro atoms. The fourth-order valence-corrected chi connectivity index (χ4v) is 11.1. The van der Waals surface area contributed by atoms with Crippen molar-refractivity contribution in [3.05, 3.63) is 243 Å². The molecule has 14 aromatic carbocycles. The second kappa shape index (κ2) is 14.5. The summed E-state index contributed by atoms with van der Waals surface area (Å²) in [6.45, 7) is 0. The van der Waals surface area contributed by atoms with E-state index in [1.165, 1.54) is 142 Å². The molecule has 0 aliphatic rings. The van der Waals surface area contributed by atoms with E-state index in [9.17, 15) is 0 Å². The predicted octanol–water partition coefficient (Wildman–Crippen LogP) is 18.6. The summed E-state index contributed by atoms with van der Waals surface area (Å²) >= 11 is 0. The number of benzene rings is 14. The van der Waals surface area contributed by atoms with Crippen molar-refractivity contribution in [2.75, 3.05) is 0 Å². The number of hydrogen-bond acceptors (Lipinski definition) is 0. The van der Waals surface area contributed by atoms with E-state index in [4.69, 9.17) is 0 Å². The quantitative estimate of drug-likeness (QED) is 0.146. The van der Waals surface area contributed by atoms with Gasteiger partial charge in [0.15, 0.2) is 0 Å². The maximum Gasteiger partial charge on any atom is -0.00203 e. The first kappa shape index (κ1) is 36.9. The Morgan fingerprint density at radius 2 is 0.455 bits per heavy atom. The Hall–Kier alpha value is -8.58. The standard InChI is InChI=1S/C66H40/c1-2-6-53-40-56(26-17-41(53)5-1)44-15-22-47(23-16-44)59-35-29-52-31-37-61-58(34-28-51-32-38-62(59)66(52)65(51)61)46-20-13-43(14-21-46)55-10-4-9-54(39-55)42-11-18-45(19-12-42)57-33-27-50-25-24-48-7-3-8-49-30-36-60(57)64(50)63(48)49/h1-40H. The van der Waals surface area contributed by atoms with Crippen LogP contribution in [0.15, 0.2) is 243 Å². The van der Waals surface area contributed by atoms with Crippen molar-refractivity contribution < 1.29 is 0 Å². The minimum atomic E-state index is 1.21. The first-order chi connectivity index (χ1) is 32.7. The Bertz CT molecular complexity index is 4160. The Kier molecular flexibility index (Phi) is 8.08. The van der Waals surface area contributed by atoms with Gasteiger partial charge in [-0.15, -0.1) is 0 Å². The van der Waals surface area contributed by atoms with Gasteiger partial charge in [0, 0.05) is 0 Å². The average molecular weight is 833 g/mol. The average Bonchev–Trinajstić information content (AvgIpc) is 3.39. The minimum absolute atomic E-state index is 1.21. The van der Waals surface area contributed by atoms with E-state index >= 15 is 0 Å². The zero-order chi connectivity index (χ0) is 43.3. The van der Waals surface area contributed by atoms with E-state index in [2.05, 4.69) is 243 Å². The summed E-state index contributed by atoms with van der Waals surface area (Å²) in [5.41, 5.74) is 14.8. The van der Waals surface area contributed by atoms with Gasteiger partial charge in [-0.3, -0.25) is 0 Å². The summed E-state index contributed by atoms with van der Waals surface area (Å²) in [5.74, 6) is 0. The van der Waals surface area contributed by atoms with Crippen molar-refractivity contribution in [3.8, 4) is 66.8 Å². The highest BCUT2D eigenvalue weighted by Gasteiger charge is 2.16. The van der Waals surface area contributed by atoms with Gasteiger partial charge in [0.2, 0.25) is 0 Å². The number of hydrogen-bond donors (Lipinski definition) is 0. The largest absolute Gasteiger partial charge is 0.0616 e. The molecule has 0 aliphatic carbocycles. The summed E-state index contributed by atoms with van der Waals surface area (Å²) in [6, 6.07) is 90.3. The minimum Gasteiger partial charge on any atom is -0.0616 e. The molecule has 0 unspecified atom stereocenters. The fourth-order valence-electron chi connectivity index (χ4n) is 11.1. The molecule has 0 fully saturated rings. The van der Waals surface area contributed by atoms with Crippen LogP contribution in [-0.4, -0.2) is 0 Å². The van der Waals surface area contributed by atoms with Crippen molar-refractivity contribution in [2.24, 2.45) is 0 Å². The van der Waals surface area contributed by atoms with Gasteiger partial charge in [-0.2, -0.15) is 0 Å².